The molecule has 2 saturated heterocycles. The Hall–Kier alpha value is -0.550. The fourth-order valence-corrected chi connectivity index (χ4v) is 10.5. The SMILES string of the molecule is CC(C)SCCCCCCCCCCCC(=O)NCC1CC[C@H]2[C@@H]3CCN4C(C)C(=O)CC[C@]4(C)[C@@H]3CC[C@]12C. The van der Waals surface area contributed by atoms with E-state index in [-0.39, 0.29) is 17.5 Å². The van der Waals surface area contributed by atoms with E-state index in [1.165, 1.54) is 89.2 Å². The van der Waals surface area contributed by atoms with Gasteiger partial charge in [0.2, 0.25) is 5.91 Å². The summed E-state index contributed by atoms with van der Waals surface area (Å²) in [6.07, 6.45) is 20.7. The van der Waals surface area contributed by atoms with Crippen LogP contribution in [0.1, 0.15) is 144 Å². The molecule has 4 rings (SSSR count). The van der Waals surface area contributed by atoms with E-state index in [0.29, 0.717) is 23.5 Å². The van der Waals surface area contributed by atoms with Gasteiger partial charge in [-0.05, 0) is 112 Å². The maximum atomic E-state index is 12.7. The van der Waals surface area contributed by atoms with Crippen LogP contribution in [0, 0.1) is 29.1 Å². The van der Waals surface area contributed by atoms with Gasteiger partial charge in [0.25, 0.3) is 0 Å². The largest absolute Gasteiger partial charge is 0.356 e. The minimum absolute atomic E-state index is 0.105. The average molecular weight is 575 g/mol. The fourth-order valence-electron chi connectivity index (χ4n) is 9.66. The number of piperidine rings is 2. The first kappa shape index (κ1) is 32.4. The van der Waals surface area contributed by atoms with E-state index in [1.807, 2.05) is 0 Å². The van der Waals surface area contributed by atoms with Gasteiger partial charge in [0.05, 0.1) is 6.04 Å². The van der Waals surface area contributed by atoms with Crippen LogP contribution in [0.15, 0.2) is 0 Å². The second-order valence-corrected chi connectivity index (χ2v) is 16.5. The Morgan fingerprint density at radius 3 is 2.30 bits per heavy atom. The molecule has 0 aromatic rings. The van der Waals surface area contributed by atoms with E-state index >= 15 is 0 Å². The predicted octanol–water partition coefficient (Wildman–Crippen LogP) is 8.42. The lowest BCUT2D eigenvalue weighted by molar-refractivity contribution is -0.153. The summed E-state index contributed by atoms with van der Waals surface area (Å²) >= 11 is 2.09. The number of carbonyl (C=O) groups excluding carboxylic acids is 2. The highest BCUT2D eigenvalue weighted by atomic mass is 32.2. The highest BCUT2D eigenvalue weighted by Crippen LogP contribution is 2.63. The summed E-state index contributed by atoms with van der Waals surface area (Å²) in [5, 5.41) is 4.15. The molecule has 0 spiro atoms. The maximum absolute atomic E-state index is 12.7. The molecule has 2 heterocycles. The first-order chi connectivity index (χ1) is 19.2. The van der Waals surface area contributed by atoms with Crippen molar-refractivity contribution in [2.75, 3.05) is 18.8 Å². The van der Waals surface area contributed by atoms with Gasteiger partial charge in [-0.15, -0.1) is 0 Å². The summed E-state index contributed by atoms with van der Waals surface area (Å²) in [7, 11) is 0. The molecule has 4 fully saturated rings. The molecule has 2 aliphatic carbocycles. The number of thioether (sulfide) groups is 1. The average Bonchev–Trinajstić information content (AvgIpc) is 3.26. The monoisotopic (exact) mass is 574 g/mol. The maximum Gasteiger partial charge on any atom is 0.220 e. The topological polar surface area (TPSA) is 49.4 Å². The van der Waals surface area contributed by atoms with Crippen molar-refractivity contribution in [3.8, 4) is 0 Å². The van der Waals surface area contributed by atoms with E-state index in [2.05, 4.69) is 56.6 Å². The molecule has 0 aromatic carbocycles. The Labute approximate surface area is 251 Å². The van der Waals surface area contributed by atoms with Gasteiger partial charge < -0.3 is 5.32 Å². The van der Waals surface area contributed by atoms with Crippen LogP contribution in [-0.2, 0) is 9.59 Å². The summed E-state index contributed by atoms with van der Waals surface area (Å²) in [6, 6.07) is 0.105. The molecule has 5 heteroatoms. The molecule has 40 heavy (non-hydrogen) atoms. The normalized spacial score (nSPS) is 35.9. The van der Waals surface area contributed by atoms with Crippen LogP contribution in [0.25, 0.3) is 0 Å². The molecular weight excluding hydrogens is 512 g/mol. The Morgan fingerprint density at radius 2 is 1.60 bits per heavy atom. The number of amides is 1. The minimum Gasteiger partial charge on any atom is -0.356 e. The molecule has 0 aromatic heterocycles. The Kier molecular flexibility index (Phi) is 11.9. The van der Waals surface area contributed by atoms with Gasteiger partial charge in [-0.25, -0.2) is 0 Å². The number of ketones is 1. The smallest absolute Gasteiger partial charge is 0.220 e. The first-order valence-electron chi connectivity index (χ1n) is 17.3. The number of carbonyl (C=O) groups is 2. The van der Waals surface area contributed by atoms with Crippen LogP contribution in [0.2, 0.25) is 0 Å². The van der Waals surface area contributed by atoms with Crippen molar-refractivity contribution >= 4 is 23.5 Å². The summed E-state index contributed by atoms with van der Waals surface area (Å²) < 4.78 is 0. The number of rotatable bonds is 15. The third kappa shape index (κ3) is 7.50. The highest BCUT2D eigenvalue weighted by Gasteiger charge is 2.60. The van der Waals surface area contributed by atoms with Gasteiger partial charge >= 0.3 is 0 Å². The summed E-state index contributed by atoms with van der Waals surface area (Å²) in [6.45, 7) is 13.7. The van der Waals surface area contributed by atoms with Crippen molar-refractivity contribution in [2.45, 2.75) is 161 Å². The zero-order chi connectivity index (χ0) is 28.8. The van der Waals surface area contributed by atoms with Crippen molar-refractivity contribution in [1.29, 1.82) is 0 Å². The first-order valence-corrected chi connectivity index (χ1v) is 18.4. The van der Waals surface area contributed by atoms with Crippen LogP contribution in [0.5, 0.6) is 0 Å². The molecule has 7 atom stereocenters. The van der Waals surface area contributed by atoms with Gasteiger partial charge in [0.15, 0.2) is 0 Å². The van der Waals surface area contributed by atoms with Crippen LogP contribution in [-0.4, -0.2) is 52.3 Å². The number of hydrogen-bond acceptors (Lipinski definition) is 4. The summed E-state index contributed by atoms with van der Waals surface area (Å²) in [5.74, 6) is 5.00. The highest BCUT2D eigenvalue weighted by molar-refractivity contribution is 7.99. The fraction of sp³-hybridized carbons (Fsp3) is 0.943. The zero-order valence-electron chi connectivity index (χ0n) is 26.8. The Balaban J connectivity index is 1.11. The van der Waals surface area contributed by atoms with Crippen LogP contribution in [0.4, 0.5) is 0 Å². The van der Waals surface area contributed by atoms with E-state index < -0.39 is 0 Å². The standard InChI is InChI=1S/C35H62N2O2S/c1-26(2)40-24-14-12-10-8-6-7-9-11-13-15-33(39)36-25-28-16-17-30-29-20-23-37-27(3)32(38)19-22-35(37,5)31(29)18-21-34(28,30)4/h26-31H,6-25H2,1-5H3,(H,36,39)/t27?,28?,29-,30-,31+,34+,35+/m0/s1. The number of fused-ring (bicyclic) bond motifs is 5. The Bertz CT molecular complexity index is 832. The van der Waals surface area contributed by atoms with E-state index in [9.17, 15) is 9.59 Å². The van der Waals surface area contributed by atoms with E-state index in [0.717, 1.165) is 55.4 Å². The molecule has 2 aliphatic heterocycles. The van der Waals surface area contributed by atoms with Crippen molar-refractivity contribution in [3.63, 3.8) is 0 Å². The van der Waals surface area contributed by atoms with Crippen LogP contribution >= 0.6 is 11.8 Å². The third-order valence-corrected chi connectivity index (χ3v) is 13.3. The van der Waals surface area contributed by atoms with Crippen molar-refractivity contribution in [2.24, 2.45) is 29.1 Å². The predicted molar refractivity (Wildman–Crippen MR) is 171 cm³/mol. The van der Waals surface area contributed by atoms with Crippen molar-refractivity contribution in [3.05, 3.63) is 0 Å². The zero-order valence-corrected chi connectivity index (χ0v) is 27.6. The molecule has 1 N–H and O–H groups in total. The van der Waals surface area contributed by atoms with E-state index in [1.54, 1.807) is 0 Å². The second-order valence-electron chi connectivity index (χ2n) is 14.8. The van der Waals surface area contributed by atoms with Crippen molar-refractivity contribution in [1.82, 2.24) is 10.2 Å². The molecule has 4 nitrogen and oxygen atoms in total. The molecule has 2 saturated carbocycles. The number of nitrogens with one attached hydrogen (secondary N) is 1. The number of hydrogen-bond donors (Lipinski definition) is 1. The second kappa shape index (κ2) is 14.8. The molecule has 0 bridgehead atoms. The molecule has 2 unspecified atom stereocenters. The van der Waals surface area contributed by atoms with Gasteiger partial charge in [0.1, 0.15) is 5.78 Å². The van der Waals surface area contributed by atoms with E-state index in [4.69, 9.17) is 0 Å². The molecular formula is C35H62N2O2S. The van der Waals surface area contributed by atoms with Crippen LogP contribution < -0.4 is 5.32 Å². The molecule has 1 amide bonds. The summed E-state index contributed by atoms with van der Waals surface area (Å²) in [4.78, 5) is 27.8. The molecule has 230 valence electrons. The number of unbranched alkanes of at least 4 members (excludes halogenated alkanes) is 8. The van der Waals surface area contributed by atoms with Crippen LogP contribution in [0.3, 0.4) is 0 Å². The van der Waals surface area contributed by atoms with Gasteiger partial charge in [-0.1, -0.05) is 65.7 Å². The summed E-state index contributed by atoms with van der Waals surface area (Å²) in [5.41, 5.74) is 0.576. The minimum atomic E-state index is 0.105. The quantitative estimate of drug-likeness (QED) is 0.199. The van der Waals surface area contributed by atoms with Gasteiger partial charge in [-0.2, -0.15) is 11.8 Å². The number of Topliss-reactive ketones (excluding diaryl/α,β-unsaturated/α-hetero) is 1. The van der Waals surface area contributed by atoms with Crippen molar-refractivity contribution < 1.29 is 9.59 Å². The third-order valence-electron chi connectivity index (χ3n) is 12.1. The number of nitrogens with zero attached hydrogens (tertiary/aromatic N) is 1. The lowest BCUT2D eigenvalue weighted by atomic mass is 9.51. The lowest BCUT2D eigenvalue weighted by Gasteiger charge is -2.62. The Morgan fingerprint density at radius 1 is 0.925 bits per heavy atom. The lowest BCUT2D eigenvalue weighted by Crippen LogP contribution is -2.67. The molecule has 4 aliphatic rings. The molecule has 0 radical (unpaired) electrons. The van der Waals surface area contributed by atoms with Gasteiger partial charge in [0, 0.05) is 24.9 Å². The van der Waals surface area contributed by atoms with Gasteiger partial charge in [-0.3, -0.25) is 14.5 Å².